The average Bonchev–Trinajstić information content (AvgIpc) is 2.90. The van der Waals surface area contributed by atoms with Gasteiger partial charge in [-0.3, -0.25) is 0 Å². The number of esters is 1. The minimum atomic E-state index is -1.18. The maximum absolute atomic E-state index is 11.7. The molecule has 0 bridgehead atoms. The van der Waals surface area contributed by atoms with Gasteiger partial charge in [0.1, 0.15) is 11.8 Å². The Labute approximate surface area is 121 Å². The summed E-state index contributed by atoms with van der Waals surface area (Å²) in [5.41, 5.74) is 0. The molecule has 1 rings (SSSR count). The lowest BCUT2D eigenvalue weighted by atomic mass is 10.1. The largest absolute Gasteiger partial charge is 0.475 e. The Hall–Kier alpha value is -2.51. The van der Waals surface area contributed by atoms with Crippen LogP contribution in [0.2, 0.25) is 0 Å². The second-order valence-corrected chi connectivity index (χ2v) is 4.64. The van der Waals surface area contributed by atoms with E-state index >= 15 is 0 Å². The first-order valence-corrected chi connectivity index (χ1v) is 6.29. The second kappa shape index (κ2) is 7.32. The molecular formula is C13H18N2O6. The summed E-state index contributed by atoms with van der Waals surface area (Å²) in [5.74, 6) is -1.77. The molecule has 1 unspecified atom stereocenters. The molecule has 1 aromatic heterocycles. The lowest BCUT2D eigenvalue weighted by Crippen LogP contribution is -2.48. The molecule has 0 aliphatic heterocycles. The standard InChI is InChI=1S/C13H18N2O6/c1-7(2)10(12(18)20-3)15-13(19)14-6-8-4-5-9(21-8)11(16)17/h4-5,7,10H,6H2,1-3H3,(H,16,17)(H2,14,15,19). The summed E-state index contributed by atoms with van der Waals surface area (Å²) < 4.78 is 9.58. The lowest BCUT2D eigenvalue weighted by Gasteiger charge is -2.19. The molecule has 3 N–H and O–H groups in total. The van der Waals surface area contributed by atoms with Crippen molar-refractivity contribution in [2.45, 2.75) is 26.4 Å². The van der Waals surface area contributed by atoms with Gasteiger partial charge in [0, 0.05) is 0 Å². The minimum Gasteiger partial charge on any atom is -0.475 e. The molecule has 0 saturated heterocycles. The summed E-state index contributed by atoms with van der Waals surface area (Å²) >= 11 is 0. The highest BCUT2D eigenvalue weighted by molar-refractivity contribution is 5.84. The van der Waals surface area contributed by atoms with Crippen LogP contribution in [0.1, 0.15) is 30.2 Å². The van der Waals surface area contributed by atoms with Crippen molar-refractivity contribution in [2.75, 3.05) is 7.11 Å². The van der Waals surface area contributed by atoms with Gasteiger partial charge in [-0.25, -0.2) is 14.4 Å². The van der Waals surface area contributed by atoms with Crippen LogP contribution in [0.5, 0.6) is 0 Å². The van der Waals surface area contributed by atoms with Crippen molar-refractivity contribution in [3.05, 3.63) is 23.7 Å². The van der Waals surface area contributed by atoms with Gasteiger partial charge in [0.15, 0.2) is 0 Å². The van der Waals surface area contributed by atoms with Crippen molar-refractivity contribution in [3.63, 3.8) is 0 Å². The van der Waals surface area contributed by atoms with Gasteiger partial charge in [-0.1, -0.05) is 13.8 Å². The van der Waals surface area contributed by atoms with Gasteiger partial charge >= 0.3 is 18.0 Å². The number of hydrogen-bond acceptors (Lipinski definition) is 5. The zero-order chi connectivity index (χ0) is 16.0. The fourth-order valence-corrected chi connectivity index (χ4v) is 1.57. The number of ether oxygens (including phenoxy) is 1. The molecule has 8 heteroatoms. The van der Waals surface area contributed by atoms with Crippen LogP contribution in [0.3, 0.4) is 0 Å². The number of rotatable bonds is 6. The second-order valence-electron chi connectivity index (χ2n) is 4.64. The molecule has 21 heavy (non-hydrogen) atoms. The molecule has 0 fully saturated rings. The molecule has 0 aromatic carbocycles. The number of nitrogens with one attached hydrogen (secondary N) is 2. The maximum Gasteiger partial charge on any atom is 0.371 e. The molecule has 0 spiro atoms. The van der Waals surface area contributed by atoms with Gasteiger partial charge in [-0.15, -0.1) is 0 Å². The number of hydrogen-bond donors (Lipinski definition) is 3. The van der Waals surface area contributed by atoms with Crippen LogP contribution < -0.4 is 10.6 Å². The van der Waals surface area contributed by atoms with Crippen LogP contribution in [0, 0.1) is 5.92 Å². The summed E-state index contributed by atoms with van der Waals surface area (Å²) in [5, 5.41) is 13.7. The van der Waals surface area contributed by atoms with Gasteiger partial charge in [0.2, 0.25) is 5.76 Å². The molecule has 2 amide bonds. The summed E-state index contributed by atoms with van der Waals surface area (Å²) in [6.07, 6.45) is 0. The quantitative estimate of drug-likeness (QED) is 0.674. The fraction of sp³-hybridized carbons (Fsp3) is 0.462. The molecule has 1 atom stereocenters. The number of carboxylic acids is 1. The Balaban J connectivity index is 2.52. The Morgan fingerprint density at radius 2 is 2.00 bits per heavy atom. The van der Waals surface area contributed by atoms with Crippen molar-refractivity contribution < 1.29 is 28.6 Å². The van der Waals surface area contributed by atoms with Crippen LogP contribution in [0.4, 0.5) is 4.79 Å². The van der Waals surface area contributed by atoms with E-state index in [9.17, 15) is 14.4 Å². The van der Waals surface area contributed by atoms with Gasteiger partial charge in [0.25, 0.3) is 0 Å². The van der Waals surface area contributed by atoms with Crippen molar-refractivity contribution >= 4 is 18.0 Å². The van der Waals surface area contributed by atoms with E-state index in [0.29, 0.717) is 5.76 Å². The smallest absolute Gasteiger partial charge is 0.371 e. The number of methoxy groups -OCH3 is 1. The van der Waals surface area contributed by atoms with Crippen molar-refractivity contribution in [1.29, 1.82) is 0 Å². The van der Waals surface area contributed by atoms with Crippen molar-refractivity contribution in [3.8, 4) is 0 Å². The van der Waals surface area contributed by atoms with E-state index in [1.807, 2.05) is 0 Å². The zero-order valence-electron chi connectivity index (χ0n) is 12.0. The predicted octanol–water partition coefficient (Wildman–Crippen LogP) is 0.975. The van der Waals surface area contributed by atoms with E-state index in [1.54, 1.807) is 13.8 Å². The SMILES string of the molecule is COC(=O)C(NC(=O)NCc1ccc(C(=O)O)o1)C(C)C. The normalized spacial score (nSPS) is 11.8. The van der Waals surface area contributed by atoms with Crippen LogP contribution in [-0.2, 0) is 16.1 Å². The summed E-state index contributed by atoms with van der Waals surface area (Å²) in [7, 11) is 1.24. The molecule has 0 saturated carbocycles. The number of carbonyl (C=O) groups excluding carboxylic acids is 2. The van der Waals surface area contributed by atoms with Gasteiger partial charge in [-0.2, -0.15) is 0 Å². The number of carboxylic acid groups (broad SMARTS) is 1. The van der Waals surface area contributed by atoms with E-state index in [4.69, 9.17) is 9.52 Å². The third-order valence-corrected chi connectivity index (χ3v) is 2.70. The topological polar surface area (TPSA) is 118 Å². The van der Waals surface area contributed by atoms with Crippen molar-refractivity contribution in [1.82, 2.24) is 10.6 Å². The number of urea groups is 1. The molecule has 8 nitrogen and oxygen atoms in total. The monoisotopic (exact) mass is 298 g/mol. The van der Waals surface area contributed by atoms with Gasteiger partial charge in [0.05, 0.1) is 13.7 Å². The zero-order valence-corrected chi connectivity index (χ0v) is 12.0. The van der Waals surface area contributed by atoms with E-state index in [-0.39, 0.29) is 18.2 Å². The third-order valence-electron chi connectivity index (χ3n) is 2.70. The van der Waals surface area contributed by atoms with Crippen LogP contribution in [-0.4, -0.2) is 36.2 Å². The fourth-order valence-electron chi connectivity index (χ4n) is 1.57. The number of amides is 2. The molecule has 0 aliphatic carbocycles. The maximum atomic E-state index is 11.7. The first-order chi connectivity index (χ1) is 9.85. The van der Waals surface area contributed by atoms with Crippen LogP contribution >= 0.6 is 0 Å². The van der Waals surface area contributed by atoms with Crippen LogP contribution in [0.25, 0.3) is 0 Å². The predicted molar refractivity (Wildman–Crippen MR) is 71.7 cm³/mol. The first-order valence-electron chi connectivity index (χ1n) is 6.29. The van der Waals surface area contributed by atoms with E-state index in [1.165, 1.54) is 19.2 Å². The number of carbonyl (C=O) groups is 3. The summed E-state index contributed by atoms with van der Waals surface area (Å²) in [4.78, 5) is 33.8. The van der Waals surface area contributed by atoms with E-state index in [0.717, 1.165) is 0 Å². The van der Waals surface area contributed by atoms with Crippen molar-refractivity contribution in [2.24, 2.45) is 5.92 Å². The summed E-state index contributed by atoms with van der Waals surface area (Å²) in [6.45, 7) is 3.55. The van der Waals surface area contributed by atoms with Crippen LogP contribution in [0.15, 0.2) is 16.5 Å². The number of aromatic carboxylic acids is 1. The highest BCUT2D eigenvalue weighted by Crippen LogP contribution is 2.07. The molecule has 1 heterocycles. The third kappa shape index (κ3) is 4.83. The minimum absolute atomic E-state index is 0.00506. The van der Waals surface area contributed by atoms with Gasteiger partial charge < -0.3 is 24.9 Å². The Kier molecular flexibility index (Phi) is 5.77. The Bertz CT molecular complexity index is 522. The highest BCUT2D eigenvalue weighted by atomic mass is 16.5. The molecular weight excluding hydrogens is 280 g/mol. The van der Waals surface area contributed by atoms with E-state index in [2.05, 4.69) is 15.4 Å². The highest BCUT2D eigenvalue weighted by Gasteiger charge is 2.24. The molecule has 0 aliphatic rings. The van der Waals surface area contributed by atoms with E-state index < -0.39 is 24.0 Å². The Morgan fingerprint density at radius 1 is 1.33 bits per heavy atom. The Morgan fingerprint density at radius 3 is 2.48 bits per heavy atom. The average molecular weight is 298 g/mol. The summed E-state index contributed by atoms with van der Waals surface area (Å²) in [6, 6.07) is 1.40. The molecule has 0 radical (unpaired) electrons. The molecule has 116 valence electrons. The first kappa shape index (κ1) is 16.5. The lowest BCUT2D eigenvalue weighted by molar-refractivity contribution is -0.143. The van der Waals surface area contributed by atoms with Gasteiger partial charge in [-0.05, 0) is 18.1 Å². The molecule has 1 aromatic rings. The number of furan rings is 1.